The maximum atomic E-state index is 13.7. The van der Waals surface area contributed by atoms with Crippen LogP contribution in [0.15, 0.2) is 61.1 Å². The van der Waals surface area contributed by atoms with E-state index in [9.17, 15) is 32.3 Å². The fourth-order valence-electron chi connectivity index (χ4n) is 5.26. The number of anilines is 1. The number of fused-ring (bicyclic) bond motifs is 1. The molecule has 0 spiro atoms. The van der Waals surface area contributed by atoms with E-state index in [1.807, 2.05) is 0 Å². The Kier molecular flexibility index (Phi) is 11.9. The zero-order valence-corrected chi connectivity index (χ0v) is 30.0. The lowest BCUT2D eigenvalue weighted by Gasteiger charge is -2.27. The van der Waals surface area contributed by atoms with Crippen LogP contribution in [-0.2, 0) is 43.3 Å². The van der Waals surface area contributed by atoms with Gasteiger partial charge in [-0.1, -0.05) is 47.5 Å². The van der Waals surface area contributed by atoms with E-state index in [0.717, 1.165) is 29.5 Å². The minimum Gasteiger partial charge on any atom is -0.755 e. The Morgan fingerprint density at radius 3 is 2.39 bits per heavy atom. The summed E-state index contributed by atoms with van der Waals surface area (Å²) in [5.41, 5.74) is 0.326. The van der Waals surface area contributed by atoms with Crippen molar-refractivity contribution >= 4 is 63.0 Å². The van der Waals surface area contributed by atoms with Crippen molar-refractivity contribution in [2.75, 3.05) is 17.5 Å². The number of halogens is 4. The van der Waals surface area contributed by atoms with Gasteiger partial charge in [0.2, 0.25) is 0 Å². The van der Waals surface area contributed by atoms with Gasteiger partial charge in [-0.15, -0.1) is 0 Å². The third-order valence-electron chi connectivity index (χ3n) is 7.66. The van der Waals surface area contributed by atoms with E-state index in [2.05, 4.69) is 4.74 Å². The van der Waals surface area contributed by atoms with Crippen LogP contribution < -0.4 is 18.5 Å². The molecule has 274 valence electrons. The van der Waals surface area contributed by atoms with Gasteiger partial charge in [-0.05, 0) is 63.3 Å². The number of hydrogen-bond donors (Lipinski definition) is 0. The molecule has 2 heterocycles. The van der Waals surface area contributed by atoms with E-state index in [1.165, 1.54) is 29.0 Å². The molecule has 0 aliphatic heterocycles. The van der Waals surface area contributed by atoms with Crippen molar-refractivity contribution in [1.82, 2.24) is 4.57 Å². The van der Waals surface area contributed by atoms with Gasteiger partial charge < -0.3 is 33.3 Å². The smallest absolute Gasteiger partial charge is 0.387 e. The predicted octanol–water partition coefficient (Wildman–Crippen LogP) is 6.44. The monoisotopic (exact) mass is 768 g/mol. The SMILES string of the molecule is CC(C)(C)OC(=O)CN(c1cn(CC(=O)OC(Cc2c(Cl)c[n+]([O-])cc2Cl)c2ccc(OC(F)F)c(OCC3CC3)c2)c2ccccc12)S(=O)[O-]. The van der Waals surface area contributed by atoms with Crippen molar-refractivity contribution in [2.24, 2.45) is 5.92 Å². The van der Waals surface area contributed by atoms with Crippen molar-refractivity contribution in [3.8, 4) is 11.5 Å². The van der Waals surface area contributed by atoms with E-state index in [0.29, 0.717) is 21.2 Å². The number of pyridine rings is 1. The molecule has 5 rings (SSSR count). The number of rotatable bonds is 15. The molecule has 1 aliphatic rings. The first-order valence-corrected chi connectivity index (χ1v) is 17.5. The summed E-state index contributed by atoms with van der Waals surface area (Å²) in [6.45, 7) is 1.08. The number of ether oxygens (including phenoxy) is 4. The Bertz CT molecular complexity index is 1910. The molecule has 2 aromatic carbocycles. The number of benzene rings is 2. The van der Waals surface area contributed by atoms with Crippen molar-refractivity contribution in [2.45, 2.75) is 64.9 Å². The first kappa shape index (κ1) is 38.1. The fourth-order valence-corrected chi connectivity index (χ4v) is 6.38. The summed E-state index contributed by atoms with van der Waals surface area (Å²) in [5, 5.41) is 12.3. The topological polar surface area (TPSA) is 146 Å². The van der Waals surface area contributed by atoms with Gasteiger partial charge in [-0.2, -0.15) is 13.5 Å². The van der Waals surface area contributed by atoms with Gasteiger partial charge in [0.25, 0.3) is 0 Å². The predicted molar refractivity (Wildman–Crippen MR) is 183 cm³/mol. The normalized spacial score (nSPS) is 14.3. The second-order valence-electron chi connectivity index (χ2n) is 12.8. The minimum absolute atomic E-state index is 0.00172. The Morgan fingerprint density at radius 2 is 1.76 bits per heavy atom. The third kappa shape index (κ3) is 10.2. The summed E-state index contributed by atoms with van der Waals surface area (Å²) in [6, 6.07) is 10.8. The van der Waals surface area contributed by atoms with Crippen LogP contribution in [0.2, 0.25) is 10.0 Å². The Hall–Kier alpha value is -4.18. The molecular weight excluding hydrogens is 735 g/mol. The number of nitrogens with zero attached hydrogens (tertiary/aromatic N) is 3. The number of aromatic nitrogens is 2. The summed E-state index contributed by atoms with van der Waals surface area (Å²) in [5.74, 6) is -1.48. The maximum Gasteiger partial charge on any atom is 0.387 e. The van der Waals surface area contributed by atoms with Gasteiger partial charge >= 0.3 is 18.6 Å². The molecule has 17 heteroatoms. The van der Waals surface area contributed by atoms with Crippen molar-refractivity contribution < 1.29 is 50.8 Å². The Balaban J connectivity index is 1.47. The van der Waals surface area contributed by atoms with E-state index in [-0.39, 0.29) is 51.7 Å². The van der Waals surface area contributed by atoms with Gasteiger partial charge in [0.05, 0.1) is 17.8 Å². The molecule has 0 N–H and O–H groups in total. The second kappa shape index (κ2) is 16.0. The molecule has 0 amide bonds. The lowest BCUT2D eigenvalue weighted by molar-refractivity contribution is -0.605. The van der Waals surface area contributed by atoms with Crippen molar-refractivity contribution in [1.29, 1.82) is 0 Å². The molecule has 1 aliphatic carbocycles. The van der Waals surface area contributed by atoms with Crippen LogP contribution in [0.1, 0.15) is 50.8 Å². The van der Waals surface area contributed by atoms with E-state index < -0.39 is 54.6 Å². The molecule has 2 unspecified atom stereocenters. The Labute approximate surface area is 304 Å². The lowest BCUT2D eigenvalue weighted by atomic mass is 10.0. The number of carbonyl (C=O) groups excluding carboxylic acids is 2. The highest BCUT2D eigenvalue weighted by molar-refractivity contribution is 7.80. The highest BCUT2D eigenvalue weighted by Gasteiger charge is 2.28. The minimum atomic E-state index is -3.12. The van der Waals surface area contributed by atoms with Crippen LogP contribution in [0.5, 0.6) is 11.5 Å². The lowest BCUT2D eigenvalue weighted by Crippen LogP contribution is -2.36. The number of hydrogen-bond acceptors (Lipinski definition) is 9. The summed E-state index contributed by atoms with van der Waals surface area (Å²) in [7, 11) is 0. The highest BCUT2D eigenvalue weighted by atomic mass is 35.5. The van der Waals surface area contributed by atoms with E-state index in [1.54, 1.807) is 45.0 Å². The molecule has 12 nitrogen and oxygen atoms in total. The molecular formula is C34H34Cl2F2N3O9S-. The van der Waals surface area contributed by atoms with Crippen LogP contribution in [-0.4, -0.2) is 50.6 Å². The summed E-state index contributed by atoms with van der Waals surface area (Å²) < 4.78 is 75.6. The van der Waals surface area contributed by atoms with Crippen LogP contribution in [0.4, 0.5) is 14.5 Å². The molecule has 2 atom stereocenters. The summed E-state index contributed by atoms with van der Waals surface area (Å²) >= 11 is 9.84. The molecule has 0 bridgehead atoms. The first-order chi connectivity index (χ1) is 24.1. The molecule has 0 radical (unpaired) electrons. The molecule has 0 saturated heterocycles. The van der Waals surface area contributed by atoms with Crippen LogP contribution in [0, 0.1) is 11.1 Å². The van der Waals surface area contributed by atoms with Crippen molar-refractivity contribution in [3.05, 3.63) is 87.4 Å². The quantitative estimate of drug-likeness (QED) is 0.0577. The molecule has 1 saturated carbocycles. The largest absolute Gasteiger partial charge is 0.755 e. The van der Waals surface area contributed by atoms with Crippen LogP contribution >= 0.6 is 23.2 Å². The Morgan fingerprint density at radius 1 is 1.08 bits per heavy atom. The summed E-state index contributed by atoms with van der Waals surface area (Å²) in [6.07, 6.45) is 4.20. The first-order valence-electron chi connectivity index (χ1n) is 15.7. The fraction of sp³-hybridized carbons (Fsp3) is 0.382. The van der Waals surface area contributed by atoms with Gasteiger partial charge in [0.1, 0.15) is 34.8 Å². The van der Waals surface area contributed by atoms with Crippen molar-refractivity contribution in [3.63, 3.8) is 0 Å². The number of esters is 2. The van der Waals surface area contributed by atoms with Gasteiger partial charge in [-0.25, -0.2) is 0 Å². The van der Waals surface area contributed by atoms with Gasteiger partial charge in [0.15, 0.2) is 23.9 Å². The average molecular weight is 770 g/mol. The standard InChI is InChI=1S/C34H35Cl2F2N3O9S/c1-34(2,3)50-32(43)18-41(51(45)46)27-16-39(26-7-5-4-6-22(26)27)17-31(42)48-29(13-23-24(35)14-40(44)15-25(23)36)21-10-11-28(49-33(37)38)30(12-21)47-19-20-8-9-20/h4-7,10-12,14-16,20,29,33H,8-9,13,17-19H2,1-3H3,(H,45,46)/p-1. The molecule has 51 heavy (non-hydrogen) atoms. The third-order valence-corrected chi connectivity index (χ3v) is 8.99. The van der Waals surface area contributed by atoms with Gasteiger partial charge in [-0.3, -0.25) is 18.1 Å². The maximum absolute atomic E-state index is 13.7. The van der Waals surface area contributed by atoms with Gasteiger partial charge in [0, 0.05) is 34.8 Å². The zero-order valence-electron chi connectivity index (χ0n) is 27.7. The van der Waals surface area contributed by atoms with Crippen LogP contribution in [0.25, 0.3) is 10.9 Å². The number of carbonyl (C=O) groups is 2. The molecule has 1 fully saturated rings. The number of para-hydroxylation sites is 1. The van der Waals surface area contributed by atoms with E-state index in [4.69, 9.17) is 37.4 Å². The molecule has 2 aromatic heterocycles. The molecule has 4 aromatic rings. The summed E-state index contributed by atoms with van der Waals surface area (Å²) in [4.78, 5) is 26.3. The average Bonchev–Trinajstić information content (AvgIpc) is 3.80. The zero-order chi connectivity index (χ0) is 37.0. The second-order valence-corrected chi connectivity index (χ2v) is 14.5. The highest BCUT2D eigenvalue weighted by Crippen LogP contribution is 2.38. The number of alkyl halides is 2. The van der Waals surface area contributed by atoms with E-state index >= 15 is 0 Å². The van der Waals surface area contributed by atoms with Crippen LogP contribution in [0.3, 0.4) is 0 Å².